The number of thioether (sulfide) groups is 1. The van der Waals surface area contributed by atoms with Crippen molar-refractivity contribution in [3.05, 3.63) is 70.5 Å². The molecule has 3 heterocycles. The summed E-state index contributed by atoms with van der Waals surface area (Å²) in [5.41, 5.74) is 2.10. The number of amides is 1. The van der Waals surface area contributed by atoms with Crippen molar-refractivity contribution < 1.29 is 14.3 Å². The molecule has 0 radical (unpaired) electrons. The molecule has 0 saturated heterocycles. The Morgan fingerprint density at radius 3 is 2.82 bits per heavy atom. The van der Waals surface area contributed by atoms with Crippen LogP contribution in [-0.4, -0.2) is 44.1 Å². The first-order valence-electron chi connectivity index (χ1n) is 10.9. The zero-order valence-corrected chi connectivity index (χ0v) is 19.3. The normalized spacial score (nSPS) is 13.2. The molecule has 4 aromatic rings. The molecule has 1 aliphatic heterocycles. The van der Waals surface area contributed by atoms with Crippen molar-refractivity contribution in [3.8, 4) is 22.9 Å². The van der Waals surface area contributed by atoms with Gasteiger partial charge in [-0.2, -0.15) is 0 Å². The summed E-state index contributed by atoms with van der Waals surface area (Å²) in [6.07, 6.45) is 1.74. The van der Waals surface area contributed by atoms with Crippen LogP contribution < -0.4 is 20.3 Å². The van der Waals surface area contributed by atoms with Gasteiger partial charge < -0.3 is 14.8 Å². The molecule has 0 saturated carbocycles. The molecule has 0 spiro atoms. The number of aryl methyl sites for hydroxylation is 1. The highest BCUT2D eigenvalue weighted by Gasteiger charge is 2.18. The van der Waals surface area contributed by atoms with Gasteiger partial charge in [0.1, 0.15) is 0 Å². The fourth-order valence-electron chi connectivity index (χ4n) is 3.69. The number of fused-ring (bicyclic) bond motifs is 2. The minimum Gasteiger partial charge on any atom is -0.454 e. The highest BCUT2D eigenvalue weighted by molar-refractivity contribution is 7.99. The summed E-state index contributed by atoms with van der Waals surface area (Å²) in [7, 11) is 0. The molecule has 0 fully saturated rings. The zero-order valence-electron chi connectivity index (χ0n) is 18.5. The van der Waals surface area contributed by atoms with Gasteiger partial charge in [-0.15, -0.1) is 0 Å². The molecule has 1 aliphatic rings. The molecule has 1 unspecified atom stereocenters. The molecule has 34 heavy (non-hydrogen) atoms. The lowest BCUT2D eigenvalue weighted by Crippen LogP contribution is -2.34. The van der Waals surface area contributed by atoms with E-state index in [1.807, 2.05) is 31.2 Å². The number of H-pyrrole nitrogens is 1. The van der Waals surface area contributed by atoms with Gasteiger partial charge >= 0.3 is 0 Å². The molecule has 0 bridgehead atoms. The van der Waals surface area contributed by atoms with E-state index >= 15 is 0 Å². The first-order chi connectivity index (χ1) is 16.5. The minimum atomic E-state index is -0.294. The monoisotopic (exact) mass is 477 g/mol. The predicted octanol–water partition coefficient (Wildman–Crippen LogP) is 3.04. The number of nitrogens with one attached hydrogen (secondary N) is 2. The van der Waals surface area contributed by atoms with Gasteiger partial charge in [0.2, 0.25) is 12.7 Å². The molecule has 2 N–H and O–H groups in total. The minimum absolute atomic E-state index is 0.0364. The van der Waals surface area contributed by atoms with Crippen LogP contribution in [0.25, 0.3) is 17.0 Å². The standard InChI is InChI=1S/C24H23N5O4S/c1-15(7-8-16-5-3-2-4-6-16)25-22(31)13-34-24-27-23(26-20-12-21(30)28-29(20)24)17-9-10-18-19(11-17)33-14-32-18/h2-6,9-12,15H,7-8,13-14H2,1H3,(H,25,31)(H,28,30). The van der Waals surface area contributed by atoms with Crippen molar-refractivity contribution in [2.45, 2.75) is 31.0 Å². The molecule has 5 rings (SSSR count). The van der Waals surface area contributed by atoms with Gasteiger partial charge in [-0.25, -0.2) is 14.5 Å². The van der Waals surface area contributed by atoms with Crippen LogP contribution in [0.3, 0.4) is 0 Å². The van der Waals surface area contributed by atoms with Crippen LogP contribution in [0.4, 0.5) is 0 Å². The van der Waals surface area contributed by atoms with E-state index in [0.717, 1.165) is 18.4 Å². The average molecular weight is 478 g/mol. The topological polar surface area (TPSA) is 111 Å². The largest absolute Gasteiger partial charge is 0.454 e. The third-order valence-electron chi connectivity index (χ3n) is 5.40. The maximum absolute atomic E-state index is 12.6. The summed E-state index contributed by atoms with van der Waals surface area (Å²) >= 11 is 1.24. The van der Waals surface area contributed by atoms with Gasteiger partial charge in [0.05, 0.1) is 5.75 Å². The lowest BCUT2D eigenvalue weighted by molar-refractivity contribution is -0.119. The fourth-order valence-corrected chi connectivity index (χ4v) is 4.45. The van der Waals surface area contributed by atoms with Gasteiger partial charge in [0.15, 0.2) is 28.1 Å². The molecule has 9 nitrogen and oxygen atoms in total. The molecule has 1 amide bonds. The smallest absolute Gasteiger partial charge is 0.266 e. The summed E-state index contributed by atoms with van der Waals surface area (Å²) in [5.74, 6) is 1.76. The second-order valence-electron chi connectivity index (χ2n) is 7.99. The average Bonchev–Trinajstić information content (AvgIpc) is 3.46. The van der Waals surface area contributed by atoms with E-state index < -0.39 is 0 Å². The van der Waals surface area contributed by atoms with Crippen LogP contribution in [0.5, 0.6) is 11.5 Å². The summed E-state index contributed by atoms with van der Waals surface area (Å²) in [4.78, 5) is 33.6. The third-order valence-corrected chi connectivity index (χ3v) is 6.34. The number of rotatable bonds is 8. The Hall–Kier alpha value is -3.79. The second kappa shape index (κ2) is 9.60. The Labute approximate surface area is 199 Å². The van der Waals surface area contributed by atoms with Crippen LogP contribution in [-0.2, 0) is 11.2 Å². The lowest BCUT2D eigenvalue weighted by Gasteiger charge is -2.14. The first kappa shape index (κ1) is 22.0. The van der Waals surface area contributed by atoms with Crippen LogP contribution in [0.2, 0.25) is 0 Å². The van der Waals surface area contributed by atoms with E-state index in [9.17, 15) is 9.59 Å². The molecule has 10 heteroatoms. The molecule has 1 atom stereocenters. The number of carbonyl (C=O) groups excluding carboxylic acids is 1. The predicted molar refractivity (Wildman–Crippen MR) is 128 cm³/mol. The van der Waals surface area contributed by atoms with E-state index in [0.29, 0.717) is 28.1 Å². The number of nitrogens with zero attached hydrogens (tertiary/aromatic N) is 3. The fraction of sp³-hybridized carbons (Fsp3) is 0.250. The van der Waals surface area contributed by atoms with Gasteiger partial charge in [-0.1, -0.05) is 42.1 Å². The first-order valence-corrected chi connectivity index (χ1v) is 11.9. The number of hydrogen-bond donors (Lipinski definition) is 2. The maximum Gasteiger partial charge on any atom is 0.266 e. The number of carbonyl (C=O) groups is 1. The Kier molecular flexibility index (Phi) is 6.22. The van der Waals surface area contributed by atoms with E-state index in [-0.39, 0.29) is 30.1 Å². The van der Waals surface area contributed by atoms with Crippen molar-refractivity contribution in [2.24, 2.45) is 0 Å². The number of aromatic nitrogens is 4. The zero-order chi connectivity index (χ0) is 23.5. The van der Waals surface area contributed by atoms with Crippen molar-refractivity contribution in [3.63, 3.8) is 0 Å². The molecular weight excluding hydrogens is 454 g/mol. The Morgan fingerprint density at radius 1 is 1.15 bits per heavy atom. The second-order valence-corrected chi connectivity index (χ2v) is 8.94. The number of hydrogen-bond acceptors (Lipinski definition) is 7. The maximum atomic E-state index is 12.6. The third kappa shape index (κ3) is 4.91. The number of benzene rings is 2. The number of ether oxygens (including phenoxy) is 2. The van der Waals surface area contributed by atoms with Crippen molar-refractivity contribution in [1.29, 1.82) is 0 Å². The van der Waals surface area contributed by atoms with Gasteiger partial charge in [-0.3, -0.25) is 14.7 Å². The van der Waals surface area contributed by atoms with Gasteiger partial charge in [0, 0.05) is 17.7 Å². The summed E-state index contributed by atoms with van der Waals surface area (Å²) in [5, 5.41) is 6.19. The summed E-state index contributed by atoms with van der Waals surface area (Å²) in [6.45, 7) is 2.17. The van der Waals surface area contributed by atoms with Crippen LogP contribution in [0, 0.1) is 0 Å². The summed E-state index contributed by atoms with van der Waals surface area (Å²) < 4.78 is 12.3. The molecule has 174 valence electrons. The van der Waals surface area contributed by atoms with E-state index in [1.54, 1.807) is 12.1 Å². The lowest BCUT2D eigenvalue weighted by atomic mass is 10.1. The Morgan fingerprint density at radius 2 is 1.97 bits per heavy atom. The van der Waals surface area contributed by atoms with Crippen LogP contribution >= 0.6 is 11.8 Å². The highest BCUT2D eigenvalue weighted by Crippen LogP contribution is 2.35. The van der Waals surface area contributed by atoms with E-state index in [1.165, 1.54) is 27.9 Å². The van der Waals surface area contributed by atoms with Gasteiger partial charge in [-0.05, 0) is 43.5 Å². The van der Waals surface area contributed by atoms with Crippen molar-refractivity contribution >= 4 is 23.3 Å². The molecule has 2 aromatic heterocycles. The quantitative estimate of drug-likeness (QED) is 0.375. The molecule has 2 aromatic carbocycles. The Balaban J connectivity index is 1.28. The van der Waals surface area contributed by atoms with Crippen LogP contribution in [0.1, 0.15) is 18.9 Å². The number of aromatic amines is 1. The van der Waals surface area contributed by atoms with E-state index in [2.05, 4.69) is 32.5 Å². The van der Waals surface area contributed by atoms with Crippen molar-refractivity contribution in [2.75, 3.05) is 12.5 Å². The Bertz CT molecular complexity index is 1390. The van der Waals surface area contributed by atoms with E-state index in [4.69, 9.17) is 9.47 Å². The summed E-state index contributed by atoms with van der Waals surface area (Å²) in [6, 6.07) is 17.1. The molecule has 0 aliphatic carbocycles. The van der Waals surface area contributed by atoms with Crippen molar-refractivity contribution in [1.82, 2.24) is 24.9 Å². The molecular formula is C24H23N5O4S. The van der Waals surface area contributed by atoms with Gasteiger partial charge in [0.25, 0.3) is 5.56 Å². The highest BCUT2D eigenvalue weighted by atomic mass is 32.2. The van der Waals surface area contributed by atoms with Crippen LogP contribution in [0.15, 0.2) is 64.5 Å². The SMILES string of the molecule is CC(CCc1ccccc1)NC(=O)CSc1nc(-c2ccc3c(c2)OCO3)nc2cc(=O)[nH]n12.